The van der Waals surface area contributed by atoms with Gasteiger partial charge in [0.25, 0.3) is 0 Å². The van der Waals surface area contributed by atoms with Gasteiger partial charge in [-0.25, -0.2) is 4.98 Å². The quantitative estimate of drug-likeness (QED) is 0.767. The van der Waals surface area contributed by atoms with Crippen molar-refractivity contribution in [2.24, 2.45) is 5.92 Å². The molecule has 2 aromatic rings. The van der Waals surface area contributed by atoms with E-state index in [1.54, 1.807) is 13.3 Å². The maximum absolute atomic E-state index is 5.72. The third kappa shape index (κ3) is 3.45. The van der Waals surface area contributed by atoms with E-state index < -0.39 is 0 Å². The number of ether oxygens (including phenoxy) is 1. The highest BCUT2D eigenvalue weighted by Gasteiger charge is 2.36. The second-order valence-electron chi connectivity index (χ2n) is 7.03. The van der Waals surface area contributed by atoms with Gasteiger partial charge in [0, 0.05) is 37.8 Å². The third-order valence-corrected chi connectivity index (χ3v) is 5.58. The van der Waals surface area contributed by atoms with Gasteiger partial charge in [0.05, 0.1) is 7.11 Å². The standard InChI is InChI=1S/C19H26N6O/c1-26-15-4-2-3-14(11-15)16-12-22-24-18(16)13-6-9-25(10-7-13)17-5-8-21-19(20)23-17/h2-5,8,11,13,16,18,22,24H,6-7,9-10,12H2,1H3,(H2,20,21,23). The van der Waals surface area contributed by atoms with E-state index in [2.05, 4.69) is 43.9 Å². The summed E-state index contributed by atoms with van der Waals surface area (Å²) >= 11 is 0. The van der Waals surface area contributed by atoms with E-state index in [4.69, 9.17) is 10.5 Å². The first-order chi connectivity index (χ1) is 12.7. The highest BCUT2D eigenvalue weighted by atomic mass is 16.5. The van der Waals surface area contributed by atoms with E-state index >= 15 is 0 Å². The first-order valence-electron chi connectivity index (χ1n) is 9.20. The molecular weight excluding hydrogens is 328 g/mol. The fourth-order valence-corrected chi connectivity index (χ4v) is 4.19. The summed E-state index contributed by atoms with van der Waals surface area (Å²) in [5.74, 6) is 3.26. The number of hydrogen-bond donors (Lipinski definition) is 3. The molecule has 3 heterocycles. The van der Waals surface area contributed by atoms with Crippen molar-refractivity contribution >= 4 is 11.8 Å². The molecule has 0 radical (unpaired) electrons. The molecule has 0 spiro atoms. The molecule has 2 aliphatic rings. The second-order valence-corrected chi connectivity index (χ2v) is 7.03. The van der Waals surface area contributed by atoms with E-state index in [0.717, 1.165) is 44.0 Å². The Bertz CT molecular complexity index is 746. The number of rotatable bonds is 4. The SMILES string of the molecule is COc1cccc(C2CNNC2C2CCN(c3ccnc(N)n3)CC2)c1. The second kappa shape index (κ2) is 7.47. The number of nitrogens with one attached hydrogen (secondary N) is 2. The predicted octanol–water partition coefficient (Wildman–Crippen LogP) is 1.54. The van der Waals surface area contributed by atoms with Gasteiger partial charge in [0.2, 0.25) is 5.95 Å². The van der Waals surface area contributed by atoms with Crippen molar-refractivity contribution in [1.82, 2.24) is 20.8 Å². The monoisotopic (exact) mass is 354 g/mol. The average molecular weight is 354 g/mol. The molecule has 4 N–H and O–H groups in total. The van der Waals surface area contributed by atoms with Crippen LogP contribution in [0.1, 0.15) is 24.3 Å². The lowest BCUT2D eigenvalue weighted by atomic mass is 9.80. The number of hydrazine groups is 1. The number of methoxy groups -OCH3 is 1. The Morgan fingerprint density at radius 1 is 1.23 bits per heavy atom. The molecule has 0 saturated carbocycles. The van der Waals surface area contributed by atoms with Crippen molar-refractivity contribution in [1.29, 1.82) is 0 Å². The zero-order valence-electron chi connectivity index (χ0n) is 15.1. The number of nitrogen functional groups attached to an aromatic ring is 1. The first kappa shape index (κ1) is 17.1. The van der Waals surface area contributed by atoms with Gasteiger partial charge in [-0.3, -0.25) is 10.9 Å². The number of piperidine rings is 1. The Morgan fingerprint density at radius 3 is 2.85 bits per heavy atom. The molecule has 7 nitrogen and oxygen atoms in total. The zero-order valence-corrected chi connectivity index (χ0v) is 15.1. The van der Waals surface area contributed by atoms with Crippen LogP contribution in [0.5, 0.6) is 5.75 Å². The lowest BCUT2D eigenvalue weighted by Crippen LogP contribution is -2.44. The summed E-state index contributed by atoms with van der Waals surface area (Å²) in [7, 11) is 1.72. The molecule has 2 aliphatic heterocycles. The van der Waals surface area contributed by atoms with Crippen molar-refractivity contribution in [3.8, 4) is 5.75 Å². The largest absolute Gasteiger partial charge is 0.497 e. The van der Waals surface area contributed by atoms with Crippen LogP contribution in [0.2, 0.25) is 0 Å². The van der Waals surface area contributed by atoms with Crippen molar-refractivity contribution < 1.29 is 4.74 Å². The highest BCUT2D eigenvalue weighted by Crippen LogP contribution is 2.34. The van der Waals surface area contributed by atoms with Gasteiger partial charge in [0.15, 0.2) is 0 Å². The fourth-order valence-electron chi connectivity index (χ4n) is 4.19. The summed E-state index contributed by atoms with van der Waals surface area (Å²) in [6.07, 6.45) is 3.98. The van der Waals surface area contributed by atoms with Gasteiger partial charge >= 0.3 is 0 Å². The Balaban J connectivity index is 1.43. The van der Waals surface area contributed by atoms with Gasteiger partial charge in [-0.15, -0.1) is 0 Å². The molecule has 7 heteroatoms. The van der Waals surface area contributed by atoms with Crippen LogP contribution >= 0.6 is 0 Å². The Labute approximate surface area is 153 Å². The third-order valence-electron chi connectivity index (χ3n) is 5.58. The van der Waals surface area contributed by atoms with Crippen LogP contribution in [0.4, 0.5) is 11.8 Å². The Hall–Kier alpha value is -2.38. The van der Waals surface area contributed by atoms with Crippen LogP contribution < -0.4 is 26.2 Å². The minimum absolute atomic E-state index is 0.337. The minimum atomic E-state index is 0.337. The average Bonchev–Trinajstić information content (AvgIpc) is 3.18. The molecule has 2 fully saturated rings. The highest BCUT2D eigenvalue weighted by molar-refractivity contribution is 5.41. The molecule has 0 amide bonds. The lowest BCUT2D eigenvalue weighted by molar-refractivity contribution is 0.295. The number of nitrogens with two attached hydrogens (primary N) is 1. The van der Waals surface area contributed by atoms with Crippen molar-refractivity contribution in [2.75, 3.05) is 37.4 Å². The molecule has 2 unspecified atom stereocenters. The van der Waals surface area contributed by atoms with E-state index in [0.29, 0.717) is 23.8 Å². The number of nitrogens with zero attached hydrogens (tertiary/aromatic N) is 3. The van der Waals surface area contributed by atoms with Crippen molar-refractivity contribution in [3.05, 3.63) is 42.1 Å². The molecule has 26 heavy (non-hydrogen) atoms. The smallest absolute Gasteiger partial charge is 0.221 e. The van der Waals surface area contributed by atoms with Gasteiger partial charge in [-0.1, -0.05) is 12.1 Å². The van der Waals surface area contributed by atoms with Crippen LogP contribution in [-0.4, -0.2) is 42.8 Å². The molecule has 1 aromatic heterocycles. The summed E-state index contributed by atoms with van der Waals surface area (Å²) in [4.78, 5) is 10.6. The van der Waals surface area contributed by atoms with E-state index in [1.165, 1.54) is 5.56 Å². The minimum Gasteiger partial charge on any atom is -0.497 e. The van der Waals surface area contributed by atoms with Crippen LogP contribution in [0, 0.1) is 5.92 Å². The van der Waals surface area contributed by atoms with Gasteiger partial charge < -0.3 is 15.4 Å². The molecule has 0 aliphatic carbocycles. The van der Waals surface area contributed by atoms with Crippen molar-refractivity contribution in [2.45, 2.75) is 24.8 Å². The summed E-state index contributed by atoms with van der Waals surface area (Å²) < 4.78 is 5.40. The molecule has 4 rings (SSSR count). The summed E-state index contributed by atoms with van der Waals surface area (Å²) in [6.45, 7) is 2.93. The summed E-state index contributed by atoms with van der Waals surface area (Å²) in [5, 5.41) is 0. The number of anilines is 2. The number of benzene rings is 1. The molecule has 2 saturated heterocycles. The topological polar surface area (TPSA) is 88.3 Å². The number of aromatic nitrogens is 2. The molecule has 138 valence electrons. The molecule has 1 aromatic carbocycles. The van der Waals surface area contributed by atoms with E-state index in [-0.39, 0.29) is 0 Å². The summed E-state index contributed by atoms with van der Waals surface area (Å²) in [5.41, 5.74) is 13.9. The van der Waals surface area contributed by atoms with Crippen LogP contribution in [-0.2, 0) is 0 Å². The summed E-state index contributed by atoms with van der Waals surface area (Å²) in [6, 6.07) is 10.8. The maximum atomic E-state index is 5.72. The predicted molar refractivity (Wildman–Crippen MR) is 102 cm³/mol. The first-order valence-corrected chi connectivity index (χ1v) is 9.20. The van der Waals surface area contributed by atoms with Gasteiger partial charge in [0.1, 0.15) is 11.6 Å². The fraction of sp³-hybridized carbons (Fsp3) is 0.474. The molecule has 2 atom stereocenters. The van der Waals surface area contributed by atoms with Gasteiger partial charge in [-0.2, -0.15) is 4.98 Å². The molecule has 0 bridgehead atoms. The number of hydrogen-bond acceptors (Lipinski definition) is 7. The van der Waals surface area contributed by atoms with Gasteiger partial charge in [-0.05, 0) is 42.5 Å². The van der Waals surface area contributed by atoms with E-state index in [9.17, 15) is 0 Å². The van der Waals surface area contributed by atoms with Crippen molar-refractivity contribution in [3.63, 3.8) is 0 Å². The Morgan fingerprint density at radius 2 is 2.08 bits per heavy atom. The normalized spacial score (nSPS) is 24.0. The van der Waals surface area contributed by atoms with Crippen LogP contribution in [0.25, 0.3) is 0 Å². The van der Waals surface area contributed by atoms with E-state index in [1.807, 2.05) is 12.1 Å². The maximum Gasteiger partial charge on any atom is 0.221 e. The van der Waals surface area contributed by atoms with Crippen LogP contribution in [0.15, 0.2) is 36.5 Å². The molecular formula is C19H26N6O. The van der Waals surface area contributed by atoms with Crippen LogP contribution in [0.3, 0.4) is 0 Å². The Kier molecular flexibility index (Phi) is 4.90. The lowest BCUT2D eigenvalue weighted by Gasteiger charge is -2.37. The zero-order chi connectivity index (χ0) is 17.9.